The highest BCUT2D eigenvalue weighted by atomic mass is 16.5. The number of aromatic nitrogens is 5. The van der Waals surface area contributed by atoms with Gasteiger partial charge in [-0.25, -0.2) is 0 Å². The molecule has 0 bridgehead atoms. The normalized spacial score (nSPS) is 21.2. The Balaban J connectivity index is 1.35. The number of hydrogen-bond donors (Lipinski definition) is 0. The number of piperidine rings is 1. The van der Waals surface area contributed by atoms with Gasteiger partial charge >= 0.3 is 0 Å². The molecule has 1 unspecified atom stereocenters. The highest BCUT2D eigenvalue weighted by Gasteiger charge is 2.32. The van der Waals surface area contributed by atoms with E-state index >= 15 is 0 Å². The molecule has 1 aliphatic heterocycles. The Kier molecular flexibility index (Phi) is 3.97. The summed E-state index contributed by atoms with van der Waals surface area (Å²) in [6, 6.07) is 3.88. The van der Waals surface area contributed by atoms with Gasteiger partial charge in [-0.15, -0.1) is 0 Å². The second kappa shape index (κ2) is 6.60. The van der Waals surface area contributed by atoms with Gasteiger partial charge in [0.15, 0.2) is 5.82 Å². The van der Waals surface area contributed by atoms with E-state index in [0.29, 0.717) is 30.1 Å². The Hall–Kier alpha value is -2.61. The molecule has 134 valence electrons. The number of nitrogens with zero attached hydrogens (tertiary/aromatic N) is 6. The molecule has 1 aliphatic carbocycles. The molecule has 3 aromatic rings. The standard InChI is InChI=1S/C18H20N6O2/c1-2-9-24(11-15-20-16(22-25-15)12-6-7-12)14(5-1)18-21-17(23-26-18)13-4-3-8-19-10-13/h3-4,8,10,12,14H,1-2,5-7,9,11H2. The van der Waals surface area contributed by atoms with Crippen LogP contribution in [0.25, 0.3) is 11.4 Å². The lowest BCUT2D eigenvalue weighted by molar-refractivity contribution is 0.0986. The van der Waals surface area contributed by atoms with E-state index in [1.165, 1.54) is 12.8 Å². The van der Waals surface area contributed by atoms with E-state index in [9.17, 15) is 0 Å². The zero-order valence-corrected chi connectivity index (χ0v) is 14.4. The summed E-state index contributed by atoms with van der Waals surface area (Å²) < 4.78 is 11.0. The first-order chi connectivity index (χ1) is 12.9. The van der Waals surface area contributed by atoms with Crippen LogP contribution in [0.4, 0.5) is 0 Å². The minimum atomic E-state index is 0.0814. The Morgan fingerprint density at radius 3 is 2.88 bits per heavy atom. The van der Waals surface area contributed by atoms with Gasteiger partial charge in [-0.2, -0.15) is 9.97 Å². The van der Waals surface area contributed by atoms with E-state index in [1.54, 1.807) is 12.4 Å². The summed E-state index contributed by atoms with van der Waals surface area (Å²) in [5, 5.41) is 8.25. The molecule has 0 spiro atoms. The lowest BCUT2D eigenvalue weighted by atomic mass is 10.0. The van der Waals surface area contributed by atoms with E-state index in [-0.39, 0.29) is 6.04 Å². The third kappa shape index (κ3) is 3.12. The molecule has 0 radical (unpaired) electrons. The summed E-state index contributed by atoms with van der Waals surface area (Å²) in [6.07, 6.45) is 9.08. The first-order valence-corrected chi connectivity index (χ1v) is 9.17. The van der Waals surface area contributed by atoms with Gasteiger partial charge in [0.2, 0.25) is 17.6 Å². The minimum absolute atomic E-state index is 0.0814. The van der Waals surface area contributed by atoms with Crippen molar-refractivity contribution in [2.24, 2.45) is 0 Å². The van der Waals surface area contributed by atoms with Gasteiger partial charge in [0.1, 0.15) is 0 Å². The highest BCUT2D eigenvalue weighted by Crippen LogP contribution is 2.38. The molecule has 5 rings (SSSR count). The molecule has 3 aromatic heterocycles. The fourth-order valence-electron chi connectivity index (χ4n) is 3.46. The topological polar surface area (TPSA) is 94.0 Å². The Morgan fingerprint density at radius 1 is 1.08 bits per heavy atom. The van der Waals surface area contributed by atoms with Crippen LogP contribution in [-0.4, -0.2) is 36.7 Å². The molecule has 0 N–H and O–H groups in total. The Labute approximate surface area is 150 Å². The van der Waals surface area contributed by atoms with Crippen LogP contribution in [0, 0.1) is 0 Å². The third-order valence-electron chi connectivity index (χ3n) is 5.02. The summed E-state index contributed by atoms with van der Waals surface area (Å²) >= 11 is 0. The molecule has 1 atom stereocenters. The van der Waals surface area contributed by atoms with Crippen molar-refractivity contribution in [1.29, 1.82) is 0 Å². The molecule has 2 fully saturated rings. The first-order valence-electron chi connectivity index (χ1n) is 9.17. The molecule has 8 nitrogen and oxygen atoms in total. The summed E-state index contributed by atoms with van der Waals surface area (Å²) in [4.78, 5) is 15.6. The third-order valence-corrected chi connectivity index (χ3v) is 5.02. The van der Waals surface area contributed by atoms with E-state index in [2.05, 4.69) is 30.2 Å². The van der Waals surface area contributed by atoms with E-state index in [4.69, 9.17) is 9.05 Å². The van der Waals surface area contributed by atoms with Crippen LogP contribution in [0.3, 0.4) is 0 Å². The zero-order valence-electron chi connectivity index (χ0n) is 14.4. The SMILES string of the molecule is c1cncc(-c2noc(C3CCCCN3Cc3nc(C4CC4)no3)n2)c1. The largest absolute Gasteiger partial charge is 0.338 e. The van der Waals surface area contributed by atoms with Crippen molar-refractivity contribution in [3.05, 3.63) is 42.1 Å². The Morgan fingerprint density at radius 2 is 2.04 bits per heavy atom. The highest BCUT2D eigenvalue weighted by molar-refractivity contribution is 5.51. The van der Waals surface area contributed by atoms with Gasteiger partial charge in [-0.3, -0.25) is 9.88 Å². The van der Waals surface area contributed by atoms with Gasteiger partial charge in [0, 0.05) is 23.9 Å². The minimum Gasteiger partial charge on any atom is -0.338 e. The van der Waals surface area contributed by atoms with Crippen LogP contribution in [0.15, 0.2) is 33.6 Å². The maximum absolute atomic E-state index is 5.58. The average Bonchev–Trinajstić information content (AvgIpc) is 3.24. The molecule has 0 aromatic carbocycles. The van der Waals surface area contributed by atoms with Crippen LogP contribution in [0.5, 0.6) is 0 Å². The molecular weight excluding hydrogens is 332 g/mol. The van der Waals surface area contributed by atoms with Crippen molar-refractivity contribution in [3.8, 4) is 11.4 Å². The number of likely N-dealkylation sites (tertiary alicyclic amines) is 1. The summed E-state index contributed by atoms with van der Waals surface area (Å²) in [5.74, 6) is 3.25. The lowest BCUT2D eigenvalue weighted by Gasteiger charge is -2.31. The van der Waals surface area contributed by atoms with Gasteiger partial charge in [0.25, 0.3) is 0 Å². The molecule has 4 heterocycles. The second-order valence-corrected chi connectivity index (χ2v) is 7.00. The fourth-order valence-corrected chi connectivity index (χ4v) is 3.46. The zero-order chi connectivity index (χ0) is 17.3. The molecule has 8 heteroatoms. The van der Waals surface area contributed by atoms with Crippen molar-refractivity contribution in [2.45, 2.75) is 50.6 Å². The summed E-state index contributed by atoms with van der Waals surface area (Å²) in [7, 11) is 0. The summed E-state index contributed by atoms with van der Waals surface area (Å²) in [6.45, 7) is 1.57. The predicted molar refractivity (Wildman–Crippen MR) is 90.8 cm³/mol. The molecule has 0 amide bonds. The quantitative estimate of drug-likeness (QED) is 0.691. The lowest BCUT2D eigenvalue weighted by Crippen LogP contribution is -2.33. The fraction of sp³-hybridized carbons (Fsp3) is 0.500. The van der Waals surface area contributed by atoms with Crippen LogP contribution in [0.1, 0.15) is 61.7 Å². The van der Waals surface area contributed by atoms with Crippen molar-refractivity contribution in [2.75, 3.05) is 6.54 Å². The number of rotatable bonds is 5. The smallest absolute Gasteiger partial charge is 0.244 e. The van der Waals surface area contributed by atoms with Gasteiger partial charge in [0.05, 0.1) is 12.6 Å². The maximum Gasteiger partial charge on any atom is 0.244 e. The monoisotopic (exact) mass is 352 g/mol. The van der Waals surface area contributed by atoms with Gasteiger partial charge in [-0.1, -0.05) is 16.7 Å². The maximum atomic E-state index is 5.58. The van der Waals surface area contributed by atoms with Crippen molar-refractivity contribution in [3.63, 3.8) is 0 Å². The predicted octanol–water partition coefficient (Wildman–Crippen LogP) is 3.12. The molecule has 2 aliphatic rings. The van der Waals surface area contributed by atoms with Crippen molar-refractivity contribution < 1.29 is 9.05 Å². The molecule has 1 saturated heterocycles. The van der Waals surface area contributed by atoms with Crippen LogP contribution < -0.4 is 0 Å². The number of hydrogen-bond acceptors (Lipinski definition) is 8. The molecular formula is C18H20N6O2. The van der Waals surface area contributed by atoms with Crippen molar-refractivity contribution >= 4 is 0 Å². The average molecular weight is 352 g/mol. The van der Waals surface area contributed by atoms with E-state index < -0.39 is 0 Å². The molecule has 1 saturated carbocycles. The number of pyridine rings is 1. The van der Waals surface area contributed by atoms with Crippen LogP contribution in [-0.2, 0) is 6.54 Å². The van der Waals surface area contributed by atoms with Crippen LogP contribution in [0.2, 0.25) is 0 Å². The van der Waals surface area contributed by atoms with Gasteiger partial charge in [-0.05, 0) is 44.4 Å². The van der Waals surface area contributed by atoms with Crippen molar-refractivity contribution in [1.82, 2.24) is 30.2 Å². The van der Waals surface area contributed by atoms with E-state index in [0.717, 1.165) is 37.2 Å². The first kappa shape index (κ1) is 15.6. The molecule has 26 heavy (non-hydrogen) atoms. The Bertz CT molecular complexity index is 873. The summed E-state index contributed by atoms with van der Waals surface area (Å²) in [5.41, 5.74) is 0.857. The second-order valence-electron chi connectivity index (χ2n) is 7.00. The van der Waals surface area contributed by atoms with Crippen LogP contribution >= 0.6 is 0 Å². The van der Waals surface area contributed by atoms with Gasteiger partial charge < -0.3 is 9.05 Å². The van der Waals surface area contributed by atoms with E-state index in [1.807, 2.05) is 12.1 Å².